The van der Waals surface area contributed by atoms with Gasteiger partial charge in [0.2, 0.25) is 23.6 Å². The van der Waals surface area contributed by atoms with Crippen molar-refractivity contribution in [3.05, 3.63) is 35.4 Å². The molecule has 0 bridgehead atoms. The molecule has 10 nitrogen and oxygen atoms in total. The van der Waals surface area contributed by atoms with Crippen LogP contribution in [-0.4, -0.2) is 79.5 Å². The summed E-state index contributed by atoms with van der Waals surface area (Å²) in [5.41, 5.74) is 0.783. The molecule has 48 heavy (non-hydrogen) atoms. The van der Waals surface area contributed by atoms with Crippen molar-refractivity contribution < 1.29 is 28.8 Å². The number of nitrogens with zero attached hydrogens (tertiary/aromatic N) is 4. The second-order valence-corrected chi connectivity index (χ2v) is 15.1. The average Bonchev–Trinajstić information content (AvgIpc) is 3.10. The fourth-order valence-electron chi connectivity index (χ4n) is 9.57. The van der Waals surface area contributed by atoms with Gasteiger partial charge in [-0.25, -0.2) is 9.59 Å². The number of amides is 8. The van der Waals surface area contributed by atoms with Crippen LogP contribution in [0.5, 0.6) is 0 Å². The van der Waals surface area contributed by atoms with Crippen LogP contribution in [0.25, 0.3) is 0 Å². The number of hydrogen-bond donors (Lipinski definition) is 0. The van der Waals surface area contributed by atoms with Crippen molar-refractivity contribution in [2.24, 2.45) is 0 Å². The summed E-state index contributed by atoms with van der Waals surface area (Å²) >= 11 is 0. The van der Waals surface area contributed by atoms with Crippen LogP contribution >= 0.6 is 0 Å². The largest absolute Gasteiger partial charge is 0.333 e. The molecule has 0 radical (unpaired) electrons. The van der Waals surface area contributed by atoms with E-state index in [1.807, 2.05) is 0 Å². The van der Waals surface area contributed by atoms with Gasteiger partial charge in [-0.1, -0.05) is 101 Å². The van der Waals surface area contributed by atoms with Crippen molar-refractivity contribution >= 4 is 35.7 Å². The molecule has 10 heteroatoms. The van der Waals surface area contributed by atoms with Crippen molar-refractivity contribution in [3.8, 4) is 0 Å². The monoisotopic (exact) mass is 658 g/mol. The molecule has 8 amide bonds. The molecular formula is C38H50N4O6. The van der Waals surface area contributed by atoms with Gasteiger partial charge in [-0.3, -0.25) is 38.8 Å². The average molecular weight is 659 g/mol. The van der Waals surface area contributed by atoms with Crippen LogP contribution < -0.4 is 0 Å². The van der Waals surface area contributed by atoms with Crippen LogP contribution in [0.1, 0.15) is 151 Å². The van der Waals surface area contributed by atoms with Crippen LogP contribution in [0.3, 0.4) is 0 Å². The summed E-state index contributed by atoms with van der Waals surface area (Å²) in [5.74, 6) is -4.50. The standard InChI is InChI=1S/C38H50N4O6/c43-33-31(34(44)40(28-18-7-2-8-19-28)37(47)39(33)27-16-5-1-6-17-27)25-14-13-15-26(24-25)32-35(45)41(29-20-9-3-10-21-29)38(48)42(36(32)46)30-22-11-4-12-23-30/h13-15,24,27-32H,1-12,16-23H2. The second-order valence-electron chi connectivity index (χ2n) is 15.1. The van der Waals surface area contributed by atoms with Crippen LogP contribution in [0.4, 0.5) is 9.59 Å². The zero-order chi connectivity index (χ0) is 33.4. The molecule has 2 saturated heterocycles. The van der Waals surface area contributed by atoms with Crippen LogP contribution in [0.15, 0.2) is 24.3 Å². The van der Waals surface area contributed by atoms with E-state index in [1.165, 1.54) is 19.6 Å². The number of carbonyl (C=O) groups excluding carboxylic acids is 6. The molecule has 0 aromatic heterocycles. The van der Waals surface area contributed by atoms with E-state index in [1.54, 1.807) is 24.3 Å². The Balaban J connectivity index is 1.26. The topological polar surface area (TPSA) is 115 Å². The van der Waals surface area contributed by atoms with Gasteiger partial charge in [0.05, 0.1) is 0 Å². The lowest BCUT2D eigenvalue weighted by atomic mass is 9.84. The van der Waals surface area contributed by atoms with Crippen molar-refractivity contribution in [1.82, 2.24) is 19.6 Å². The number of rotatable bonds is 6. The smallest absolute Gasteiger partial charge is 0.273 e. The molecule has 0 spiro atoms. The summed E-state index contributed by atoms with van der Waals surface area (Å²) in [7, 11) is 0. The zero-order valence-corrected chi connectivity index (χ0v) is 28.2. The maximum atomic E-state index is 14.3. The lowest BCUT2D eigenvalue weighted by molar-refractivity contribution is -0.150. The Kier molecular flexibility index (Phi) is 9.70. The molecule has 0 unspecified atom stereocenters. The predicted octanol–water partition coefficient (Wildman–Crippen LogP) is 6.77. The first-order chi connectivity index (χ1) is 23.4. The first-order valence-electron chi connectivity index (χ1n) is 18.9. The van der Waals surface area contributed by atoms with Gasteiger partial charge >= 0.3 is 12.1 Å². The molecule has 4 aliphatic carbocycles. The van der Waals surface area contributed by atoms with Gasteiger partial charge in [-0.15, -0.1) is 0 Å². The molecule has 0 N–H and O–H groups in total. The SMILES string of the molecule is O=C1C(c2cccc(C3C(=O)N(C4CCCCC4)C(=O)N(C4CCCCC4)C3=O)c2)C(=O)N(C2CCCCC2)C(=O)N1C1CCCCC1. The number of urea groups is 2. The number of benzene rings is 1. The molecule has 2 aliphatic heterocycles. The van der Waals surface area contributed by atoms with E-state index >= 15 is 0 Å². The molecule has 7 rings (SSSR count). The second kappa shape index (κ2) is 14.1. The molecule has 1 aromatic carbocycles. The Labute approximate surface area is 283 Å². The van der Waals surface area contributed by atoms with Gasteiger partial charge < -0.3 is 0 Å². The molecule has 4 saturated carbocycles. The van der Waals surface area contributed by atoms with E-state index in [0.29, 0.717) is 11.1 Å². The highest BCUT2D eigenvalue weighted by atomic mass is 16.2. The first-order valence-corrected chi connectivity index (χ1v) is 18.9. The van der Waals surface area contributed by atoms with E-state index in [-0.39, 0.29) is 24.2 Å². The third kappa shape index (κ3) is 5.98. The predicted molar refractivity (Wildman–Crippen MR) is 178 cm³/mol. The number of carbonyl (C=O) groups is 6. The van der Waals surface area contributed by atoms with Crippen LogP contribution in [0, 0.1) is 0 Å². The summed E-state index contributed by atoms with van der Waals surface area (Å²) < 4.78 is 0. The third-order valence-corrected chi connectivity index (χ3v) is 12.1. The van der Waals surface area contributed by atoms with Crippen LogP contribution in [-0.2, 0) is 19.2 Å². The normalized spacial score (nSPS) is 25.9. The molecule has 6 aliphatic rings. The Morgan fingerprint density at radius 3 is 0.875 bits per heavy atom. The van der Waals surface area contributed by atoms with E-state index in [9.17, 15) is 28.8 Å². The molecule has 1 aromatic rings. The fourth-order valence-corrected chi connectivity index (χ4v) is 9.57. The van der Waals surface area contributed by atoms with Crippen molar-refractivity contribution in [2.75, 3.05) is 0 Å². The highest BCUT2D eigenvalue weighted by molar-refractivity contribution is 6.21. The number of barbiturate groups is 2. The van der Waals surface area contributed by atoms with Crippen molar-refractivity contribution in [2.45, 2.75) is 164 Å². The summed E-state index contributed by atoms with van der Waals surface area (Å²) in [6, 6.07) is 4.81. The van der Waals surface area contributed by atoms with Gasteiger partial charge in [0.15, 0.2) is 0 Å². The van der Waals surface area contributed by atoms with Gasteiger partial charge in [-0.05, 0) is 62.5 Å². The fraction of sp³-hybridized carbons (Fsp3) is 0.684. The molecule has 6 fully saturated rings. The molecular weight excluding hydrogens is 608 g/mol. The lowest BCUT2D eigenvalue weighted by Crippen LogP contribution is -2.64. The summed E-state index contributed by atoms with van der Waals surface area (Å²) in [6.07, 6.45) is 17.5. The molecule has 2 heterocycles. The lowest BCUT2D eigenvalue weighted by Gasteiger charge is -2.46. The minimum atomic E-state index is -1.23. The third-order valence-electron chi connectivity index (χ3n) is 12.1. The molecule has 258 valence electrons. The van der Waals surface area contributed by atoms with Crippen LogP contribution in [0.2, 0.25) is 0 Å². The molecule has 0 atom stereocenters. The van der Waals surface area contributed by atoms with Gasteiger partial charge in [-0.2, -0.15) is 0 Å². The highest BCUT2D eigenvalue weighted by Crippen LogP contribution is 2.39. The van der Waals surface area contributed by atoms with Gasteiger partial charge in [0.25, 0.3) is 0 Å². The first kappa shape index (κ1) is 33.0. The number of hydrogen-bond acceptors (Lipinski definition) is 6. The maximum absolute atomic E-state index is 14.3. The van der Waals surface area contributed by atoms with Gasteiger partial charge in [0, 0.05) is 24.2 Å². The highest BCUT2D eigenvalue weighted by Gasteiger charge is 2.53. The Bertz CT molecular complexity index is 1250. The van der Waals surface area contributed by atoms with E-state index in [4.69, 9.17) is 0 Å². The Morgan fingerprint density at radius 1 is 0.375 bits per heavy atom. The van der Waals surface area contributed by atoms with E-state index in [2.05, 4.69) is 0 Å². The Morgan fingerprint density at radius 2 is 0.625 bits per heavy atom. The number of imide groups is 4. The summed E-state index contributed by atoms with van der Waals surface area (Å²) in [5, 5.41) is 0. The minimum Gasteiger partial charge on any atom is -0.273 e. The summed E-state index contributed by atoms with van der Waals surface area (Å²) in [4.78, 5) is 90.8. The Hall–Kier alpha value is -3.56. The van der Waals surface area contributed by atoms with Crippen molar-refractivity contribution in [3.63, 3.8) is 0 Å². The zero-order valence-electron chi connectivity index (χ0n) is 28.2. The van der Waals surface area contributed by atoms with Crippen molar-refractivity contribution in [1.29, 1.82) is 0 Å². The van der Waals surface area contributed by atoms with Gasteiger partial charge in [0.1, 0.15) is 11.8 Å². The van der Waals surface area contributed by atoms with E-state index in [0.717, 1.165) is 128 Å². The summed E-state index contributed by atoms with van der Waals surface area (Å²) in [6.45, 7) is 0. The van der Waals surface area contributed by atoms with E-state index < -0.39 is 47.5 Å². The minimum absolute atomic E-state index is 0.246. The quantitative estimate of drug-likeness (QED) is 0.312. The maximum Gasteiger partial charge on any atom is 0.333 e.